The molecule has 1 atom stereocenters. The summed E-state index contributed by atoms with van der Waals surface area (Å²) in [6.07, 6.45) is 5.34. The molecule has 0 aromatic carbocycles. The summed E-state index contributed by atoms with van der Waals surface area (Å²) in [4.78, 5) is 6.58. The van der Waals surface area contributed by atoms with E-state index in [1.54, 1.807) is 0 Å². The zero-order valence-electron chi connectivity index (χ0n) is 7.66. The Hall–Kier alpha value is -0.730. The molecule has 2 rings (SSSR count). The Bertz CT molecular complexity index is 194. The minimum Gasteiger partial charge on any atom is -0.370 e. The van der Waals surface area contributed by atoms with E-state index in [4.69, 9.17) is 5.73 Å². The highest BCUT2D eigenvalue weighted by Crippen LogP contribution is 2.26. The third-order valence-electron chi connectivity index (χ3n) is 2.98. The molecule has 2 N–H and O–H groups in total. The first kappa shape index (κ1) is 7.90. The lowest BCUT2D eigenvalue weighted by molar-refractivity contribution is 0.273. The van der Waals surface area contributed by atoms with E-state index in [0.717, 1.165) is 12.5 Å². The fourth-order valence-corrected chi connectivity index (χ4v) is 2.35. The number of rotatable bonds is 1. The Morgan fingerprint density at radius 3 is 2.58 bits per heavy atom. The van der Waals surface area contributed by atoms with Crippen molar-refractivity contribution in [2.45, 2.75) is 44.7 Å². The fourth-order valence-electron chi connectivity index (χ4n) is 2.35. The van der Waals surface area contributed by atoms with Crippen molar-refractivity contribution in [3.8, 4) is 0 Å². The molecule has 3 nitrogen and oxygen atoms in total. The Morgan fingerprint density at radius 2 is 2.08 bits per heavy atom. The van der Waals surface area contributed by atoms with Gasteiger partial charge in [-0.3, -0.25) is 4.99 Å². The number of nitrogens with two attached hydrogens (primary N) is 1. The maximum atomic E-state index is 5.83. The molecule has 0 radical (unpaired) electrons. The van der Waals surface area contributed by atoms with Gasteiger partial charge in [0, 0.05) is 12.1 Å². The maximum absolute atomic E-state index is 5.83. The topological polar surface area (TPSA) is 41.6 Å². The summed E-state index contributed by atoms with van der Waals surface area (Å²) in [5, 5.41) is 0. The summed E-state index contributed by atoms with van der Waals surface area (Å²) < 4.78 is 0. The van der Waals surface area contributed by atoms with E-state index in [0.29, 0.717) is 12.1 Å². The van der Waals surface area contributed by atoms with E-state index >= 15 is 0 Å². The van der Waals surface area contributed by atoms with Gasteiger partial charge in [0.05, 0.1) is 6.54 Å². The van der Waals surface area contributed by atoms with Gasteiger partial charge in [-0.2, -0.15) is 0 Å². The Labute approximate surface area is 73.6 Å². The van der Waals surface area contributed by atoms with Crippen molar-refractivity contribution < 1.29 is 0 Å². The second kappa shape index (κ2) is 2.96. The number of hydrogen-bond acceptors (Lipinski definition) is 3. The number of guanidine groups is 1. The lowest BCUT2D eigenvalue weighted by atomic mass is 10.2. The van der Waals surface area contributed by atoms with Crippen LogP contribution >= 0.6 is 0 Å². The maximum Gasteiger partial charge on any atom is 0.191 e. The number of nitrogens with zero attached hydrogens (tertiary/aromatic N) is 2. The van der Waals surface area contributed by atoms with Gasteiger partial charge in [-0.1, -0.05) is 12.8 Å². The van der Waals surface area contributed by atoms with Gasteiger partial charge >= 0.3 is 0 Å². The molecule has 0 saturated heterocycles. The van der Waals surface area contributed by atoms with Crippen LogP contribution in [-0.2, 0) is 0 Å². The van der Waals surface area contributed by atoms with Crippen LogP contribution in [-0.4, -0.2) is 29.5 Å². The SMILES string of the molecule is CC1CN=C(N)N1C1CCCC1. The molecular weight excluding hydrogens is 150 g/mol. The summed E-state index contributed by atoms with van der Waals surface area (Å²) >= 11 is 0. The predicted octanol–water partition coefficient (Wildman–Crippen LogP) is 0.948. The van der Waals surface area contributed by atoms with E-state index in [1.807, 2.05) is 0 Å². The summed E-state index contributed by atoms with van der Waals surface area (Å²) in [5.74, 6) is 0.773. The molecule has 1 saturated carbocycles. The third-order valence-corrected chi connectivity index (χ3v) is 2.98. The van der Waals surface area contributed by atoms with Gasteiger partial charge in [0.15, 0.2) is 5.96 Å². The second-order valence-electron chi connectivity index (χ2n) is 3.89. The van der Waals surface area contributed by atoms with Crippen LogP contribution in [0, 0.1) is 0 Å². The molecule has 0 bridgehead atoms. The van der Waals surface area contributed by atoms with Crippen molar-refractivity contribution >= 4 is 5.96 Å². The van der Waals surface area contributed by atoms with E-state index in [2.05, 4.69) is 16.8 Å². The van der Waals surface area contributed by atoms with E-state index < -0.39 is 0 Å². The van der Waals surface area contributed by atoms with Gasteiger partial charge in [-0.25, -0.2) is 0 Å². The highest BCUT2D eigenvalue weighted by atomic mass is 15.3. The summed E-state index contributed by atoms with van der Waals surface area (Å²) in [6, 6.07) is 1.22. The summed E-state index contributed by atoms with van der Waals surface area (Å²) in [6.45, 7) is 3.10. The van der Waals surface area contributed by atoms with E-state index in [9.17, 15) is 0 Å². The van der Waals surface area contributed by atoms with Crippen molar-refractivity contribution in [2.75, 3.05) is 6.54 Å². The highest BCUT2D eigenvalue weighted by Gasteiger charge is 2.30. The Morgan fingerprint density at radius 1 is 1.42 bits per heavy atom. The molecule has 0 aromatic rings. The van der Waals surface area contributed by atoms with Gasteiger partial charge < -0.3 is 10.6 Å². The summed E-state index contributed by atoms with van der Waals surface area (Å²) in [5.41, 5.74) is 5.83. The van der Waals surface area contributed by atoms with Gasteiger partial charge in [0.1, 0.15) is 0 Å². The van der Waals surface area contributed by atoms with Crippen LogP contribution < -0.4 is 5.73 Å². The van der Waals surface area contributed by atoms with Crippen LogP contribution in [0.2, 0.25) is 0 Å². The monoisotopic (exact) mass is 167 g/mol. The molecule has 0 amide bonds. The van der Waals surface area contributed by atoms with Gasteiger partial charge in [-0.15, -0.1) is 0 Å². The second-order valence-corrected chi connectivity index (χ2v) is 3.89. The van der Waals surface area contributed by atoms with Crippen LogP contribution in [0.15, 0.2) is 4.99 Å². The van der Waals surface area contributed by atoms with E-state index in [1.165, 1.54) is 25.7 Å². The molecule has 1 fully saturated rings. The molecule has 1 heterocycles. The van der Waals surface area contributed by atoms with Gasteiger partial charge in [0.25, 0.3) is 0 Å². The van der Waals surface area contributed by atoms with Crippen LogP contribution in [0.1, 0.15) is 32.6 Å². The van der Waals surface area contributed by atoms with Crippen molar-refractivity contribution in [1.29, 1.82) is 0 Å². The number of hydrogen-bond donors (Lipinski definition) is 1. The molecule has 3 heteroatoms. The van der Waals surface area contributed by atoms with Crippen molar-refractivity contribution in [1.82, 2.24) is 4.90 Å². The fraction of sp³-hybridized carbons (Fsp3) is 0.889. The highest BCUT2D eigenvalue weighted by molar-refractivity contribution is 5.80. The lowest BCUT2D eigenvalue weighted by Crippen LogP contribution is -2.45. The minimum absolute atomic E-state index is 0.535. The summed E-state index contributed by atoms with van der Waals surface area (Å²) in [7, 11) is 0. The van der Waals surface area contributed by atoms with Crippen molar-refractivity contribution in [3.63, 3.8) is 0 Å². The Kier molecular flexibility index (Phi) is 1.95. The average Bonchev–Trinajstić information content (AvgIpc) is 2.61. The molecule has 12 heavy (non-hydrogen) atoms. The van der Waals surface area contributed by atoms with Crippen LogP contribution in [0.4, 0.5) is 0 Å². The number of aliphatic imine (C=N–C) groups is 1. The average molecular weight is 167 g/mol. The third kappa shape index (κ3) is 1.17. The molecule has 1 aliphatic carbocycles. The van der Waals surface area contributed by atoms with Crippen LogP contribution in [0.5, 0.6) is 0 Å². The standard InChI is InChI=1S/C9H17N3/c1-7-6-11-9(10)12(7)8-4-2-3-5-8/h7-8H,2-6H2,1H3,(H2,10,11). The van der Waals surface area contributed by atoms with Crippen molar-refractivity contribution in [2.24, 2.45) is 10.7 Å². The van der Waals surface area contributed by atoms with Gasteiger partial charge in [-0.05, 0) is 19.8 Å². The lowest BCUT2D eigenvalue weighted by Gasteiger charge is -2.29. The molecule has 68 valence electrons. The molecule has 2 aliphatic rings. The Balaban J connectivity index is 2.05. The normalized spacial score (nSPS) is 31.2. The molecule has 1 unspecified atom stereocenters. The van der Waals surface area contributed by atoms with Crippen molar-refractivity contribution in [3.05, 3.63) is 0 Å². The molecule has 0 aromatic heterocycles. The predicted molar refractivity (Wildman–Crippen MR) is 50.0 cm³/mol. The molecule has 1 aliphatic heterocycles. The molecule has 0 spiro atoms. The quantitative estimate of drug-likeness (QED) is 0.631. The zero-order chi connectivity index (χ0) is 8.55. The van der Waals surface area contributed by atoms with Crippen LogP contribution in [0.25, 0.3) is 0 Å². The molecular formula is C9H17N3. The van der Waals surface area contributed by atoms with Gasteiger partial charge in [0.2, 0.25) is 0 Å². The largest absolute Gasteiger partial charge is 0.370 e. The first-order valence-corrected chi connectivity index (χ1v) is 4.87. The first-order valence-electron chi connectivity index (χ1n) is 4.87. The van der Waals surface area contributed by atoms with Crippen LogP contribution in [0.3, 0.4) is 0 Å². The zero-order valence-corrected chi connectivity index (χ0v) is 7.66. The minimum atomic E-state index is 0.535. The first-order chi connectivity index (χ1) is 5.79. The smallest absolute Gasteiger partial charge is 0.191 e. The van der Waals surface area contributed by atoms with E-state index in [-0.39, 0.29) is 0 Å².